The van der Waals surface area contributed by atoms with Gasteiger partial charge >= 0.3 is 5.97 Å². The van der Waals surface area contributed by atoms with Gasteiger partial charge in [0, 0.05) is 5.69 Å². The molecular formula is C13H15N3O3S2. The maximum absolute atomic E-state index is 11.4. The average molecular weight is 325 g/mol. The second-order valence-electron chi connectivity index (χ2n) is 4.01. The largest absolute Gasteiger partial charge is 0.497 e. The molecule has 0 saturated carbocycles. The van der Waals surface area contributed by atoms with Gasteiger partial charge in [-0.2, -0.15) is 0 Å². The SMILES string of the molecule is COC(=O)[C@H](C)Sc1nnc(Nc2ccc(OC)cc2)s1. The van der Waals surface area contributed by atoms with Gasteiger partial charge in [0.25, 0.3) is 0 Å². The summed E-state index contributed by atoms with van der Waals surface area (Å²) in [5.41, 5.74) is 0.893. The summed E-state index contributed by atoms with van der Waals surface area (Å²) in [7, 11) is 3.00. The number of thioether (sulfide) groups is 1. The third-order valence-corrected chi connectivity index (χ3v) is 4.56. The van der Waals surface area contributed by atoms with Crippen LogP contribution in [-0.4, -0.2) is 35.6 Å². The minimum atomic E-state index is -0.309. The van der Waals surface area contributed by atoms with Crippen LogP contribution in [-0.2, 0) is 9.53 Å². The Balaban J connectivity index is 1.97. The number of nitrogens with one attached hydrogen (secondary N) is 1. The van der Waals surface area contributed by atoms with Crippen LogP contribution in [0.4, 0.5) is 10.8 Å². The smallest absolute Gasteiger partial charge is 0.318 e. The number of carbonyl (C=O) groups is 1. The predicted molar refractivity (Wildman–Crippen MR) is 83.5 cm³/mol. The van der Waals surface area contributed by atoms with Gasteiger partial charge < -0.3 is 14.8 Å². The highest BCUT2D eigenvalue weighted by Gasteiger charge is 2.17. The molecule has 1 atom stereocenters. The highest BCUT2D eigenvalue weighted by Crippen LogP contribution is 2.31. The zero-order chi connectivity index (χ0) is 15.2. The molecule has 0 amide bonds. The molecule has 0 fully saturated rings. The summed E-state index contributed by atoms with van der Waals surface area (Å²) >= 11 is 2.71. The van der Waals surface area contributed by atoms with Gasteiger partial charge in [-0.1, -0.05) is 23.1 Å². The first-order valence-corrected chi connectivity index (χ1v) is 7.81. The fraction of sp³-hybridized carbons (Fsp3) is 0.308. The molecule has 1 heterocycles. The number of anilines is 2. The lowest BCUT2D eigenvalue weighted by Gasteiger charge is -2.05. The van der Waals surface area contributed by atoms with Crippen molar-refractivity contribution in [3.63, 3.8) is 0 Å². The number of nitrogens with zero attached hydrogens (tertiary/aromatic N) is 2. The molecule has 0 aliphatic carbocycles. The molecule has 112 valence electrons. The summed E-state index contributed by atoms with van der Waals surface area (Å²) in [6.07, 6.45) is 0. The number of aromatic nitrogens is 2. The number of carbonyl (C=O) groups excluding carboxylic acids is 1. The molecule has 1 aromatic heterocycles. The fourth-order valence-electron chi connectivity index (χ4n) is 1.47. The molecule has 0 unspecified atom stereocenters. The number of benzene rings is 1. The van der Waals surface area contributed by atoms with Gasteiger partial charge in [0.1, 0.15) is 11.0 Å². The number of hydrogen-bond acceptors (Lipinski definition) is 8. The van der Waals surface area contributed by atoms with Crippen LogP contribution in [0, 0.1) is 0 Å². The number of methoxy groups -OCH3 is 2. The lowest BCUT2D eigenvalue weighted by Crippen LogP contribution is -2.14. The first kappa shape index (κ1) is 15.6. The Hall–Kier alpha value is -1.80. The van der Waals surface area contributed by atoms with Gasteiger partial charge in [0.2, 0.25) is 5.13 Å². The van der Waals surface area contributed by atoms with Crippen molar-refractivity contribution < 1.29 is 14.3 Å². The van der Waals surface area contributed by atoms with Crippen LogP contribution in [0.3, 0.4) is 0 Å². The summed E-state index contributed by atoms with van der Waals surface area (Å²) in [5.74, 6) is 0.515. The maximum Gasteiger partial charge on any atom is 0.318 e. The molecule has 1 aromatic carbocycles. The minimum Gasteiger partial charge on any atom is -0.497 e. The van der Waals surface area contributed by atoms with E-state index in [1.807, 2.05) is 24.3 Å². The van der Waals surface area contributed by atoms with Crippen molar-refractivity contribution in [3.8, 4) is 5.75 Å². The Morgan fingerprint density at radius 3 is 2.62 bits per heavy atom. The van der Waals surface area contributed by atoms with Crippen LogP contribution in [0.1, 0.15) is 6.92 Å². The highest BCUT2D eigenvalue weighted by atomic mass is 32.2. The Bertz CT molecular complexity index is 601. The first-order chi connectivity index (χ1) is 10.1. The third kappa shape index (κ3) is 4.33. The molecule has 1 N–H and O–H groups in total. The van der Waals surface area contributed by atoms with E-state index in [2.05, 4.69) is 20.3 Å². The molecular weight excluding hydrogens is 310 g/mol. The molecule has 0 aliphatic heterocycles. The van der Waals surface area contributed by atoms with E-state index in [0.29, 0.717) is 9.47 Å². The normalized spacial score (nSPS) is 11.8. The van der Waals surface area contributed by atoms with Crippen molar-refractivity contribution in [2.45, 2.75) is 16.5 Å². The van der Waals surface area contributed by atoms with E-state index in [-0.39, 0.29) is 11.2 Å². The third-order valence-electron chi connectivity index (χ3n) is 2.56. The first-order valence-electron chi connectivity index (χ1n) is 6.11. The second kappa shape index (κ2) is 7.28. The zero-order valence-corrected chi connectivity index (χ0v) is 13.5. The fourth-order valence-corrected chi connectivity index (χ4v) is 3.41. The van der Waals surface area contributed by atoms with E-state index in [1.165, 1.54) is 30.2 Å². The van der Waals surface area contributed by atoms with Crippen LogP contribution >= 0.6 is 23.1 Å². The Morgan fingerprint density at radius 2 is 2.00 bits per heavy atom. The highest BCUT2D eigenvalue weighted by molar-refractivity contribution is 8.02. The van der Waals surface area contributed by atoms with Gasteiger partial charge in [-0.3, -0.25) is 4.79 Å². The number of hydrogen-bond donors (Lipinski definition) is 1. The van der Waals surface area contributed by atoms with Crippen molar-refractivity contribution in [1.29, 1.82) is 0 Å². The van der Waals surface area contributed by atoms with E-state index in [1.54, 1.807) is 14.0 Å². The summed E-state index contributed by atoms with van der Waals surface area (Å²) in [6, 6.07) is 7.50. The Labute approximate surface area is 130 Å². The molecule has 0 bridgehead atoms. The average Bonchev–Trinajstić information content (AvgIpc) is 2.94. The number of esters is 1. The van der Waals surface area contributed by atoms with Crippen molar-refractivity contribution in [2.24, 2.45) is 0 Å². The lowest BCUT2D eigenvalue weighted by atomic mass is 10.3. The van der Waals surface area contributed by atoms with Gasteiger partial charge in [0.15, 0.2) is 4.34 Å². The monoisotopic (exact) mass is 325 g/mol. The Morgan fingerprint density at radius 1 is 1.29 bits per heavy atom. The van der Waals surface area contributed by atoms with Gasteiger partial charge in [-0.05, 0) is 31.2 Å². The van der Waals surface area contributed by atoms with Crippen molar-refractivity contribution in [3.05, 3.63) is 24.3 Å². The molecule has 0 radical (unpaired) electrons. The van der Waals surface area contributed by atoms with Crippen LogP contribution in [0.2, 0.25) is 0 Å². The Kier molecular flexibility index (Phi) is 5.40. The van der Waals surface area contributed by atoms with Crippen molar-refractivity contribution in [1.82, 2.24) is 10.2 Å². The van der Waals surface area contributed by atoms with E-state index >= 15 is 0 Å². The van der Waals surface area contributed by atoms with E-state index in [4.69, 9.17) is 4.74 Å². The van der Waals surface area contributed by atoms with E-state index in [9.17, 15) is 4.79 Å². The zero-order valence-electron chi connectivity index (χ0n) is 11.8. The van der Waals surface area contributed by atoms with Gasteiger partial charge in [0.05, 0.1) is 14.2 Å². The van der Waals surface area contributed by atoms with Crippen LogP contribution in [0.25, 0.3) is 0 Å². The standard InChI is InChI=1S/C13H15N3O3S2/c1-8(11(17)19-3)20-13-16-15-12(21-13)14-9-4-6-10(18-2)7-5-9/h4-8H,1-3H3,(H,14,15)/t8-/m0/s1. The predicted octanol–water partition coefficient (Wildman–Crippen LogP) is 2.94. The van der Waals surface area contributed by atoms with Gasteiger partial charge in [-0.15, -0.1) is 10.2 Å². The molecule has 2 aromatic rings. The molecule has 21 heavy (non-hydrogen) atoms. The second-order valence-corrected chi connectivity index (χ2v) is 6.58. The van der Waals surface area contributed by atoms with Crippen LogP contribution in [0.5, 0.6) is 5.75 Å². The summed E-state index contributed by atoms with van der Waals surface area (Å²) in [6.45, 7) is 1.77. The number of rotatable bonds is 6. The van der Waals surface area contributed by atoms with E-state index in [0.717, 1.165) is 11.4 Å². The van der Waals surface area contributed by atoms with Crippen LogP contribution < -0.4 is 10.1 Å². The van der Waals surface area contributed by atoms with Crippen molar-refractivity contribution >= 4 is 39.9 Å². The number of ether oxygens (including phenoxy) is 2. The molecule has 8 heteroatoms. The van der Waals surface area contributed by atoms with Gasteiger partial charge in [-0.25, -0.2) is 0 Å². The van der Waals surface area contributed by atoms with E-state index < -0.39 is 0 Å². The molecule has 2 rings (SSSR count). The van der Waals surface area contributed by atoms with Crippen molar-refractivity contribution in [2.75, 3.05) is 19.5 Å². The summed E-state index contributed by atoms with van der Waals surface area (Å²) in [5, 5.41) is 11.6. The summed E-state index contributed by atoms with van der Waals surface area (Å²) in [4.78, 5) is 11.4. The molecule has 6 nitrogen and oxygen atoms in total. The molecule has 0 aliphatic rings. The topological polar surface area (TPSA) is 73.3 Å². The quantitative estimate of drug-likeness (QED) is 0.646. The molecule has 0 saturated heterocycles. The maximum atomic E-state index is 11.4. The summed E-state index contributed by atoms with van der Waals surface area (Å²) < 4.78 is 10.5. The molecule has 0 spiro atoms. The van der Waals surface area contributed by atoms with Crippen LogP contribution in [0.15, 0.2) is 28.6 Å². The lowest BCUT2D eigenvalue weighted by molar-refractivity contribution is -0.139. The minimum absolute atomic E-state index is 0.278.